The molecular formula is C15H18ClN5. The Bertz CT molecular complexity index is 815. The Balaban J connectivity index is 2.32. The lowest BCUT2D eigenvalue weighted by molar-refractivity contribution is 0.737. The fourth-order valence-electron chi connectivity index (χ4n) is 2.63. The summed E-state index contributed by atoms with van der Waals surface area (Å²) in [5.41, 5.74) is 10.8. The molecular weight excluding hydrogens is 286 g/mol. The number of hydrogen-bond acceptors (Lipinski definition) is 3. The first-order valence-corrected chi connectivity index (χ1v) is 7.37. The van der Waals surface area contributed by atoms with E-state index >= 15 is 0 Å². The first-order valence-electron chi connectivity index (χ1n) is 6.99. The second kappa shape index (κ2) is 5.07. The molecule has 5 nitrogen and oxygen atoms in total. The molecule has 0 saturated carbocycles. The van der Waals surface area contributed by atoms with Crippen LogP contribution in [0, 0.1) is 6.92 Å². The number of nitrogens with zero attached hydrogens (tertiary/aromatic N) is 4. The topological polar surface area (TPSA) is 61.7 Å². The molecule has 2 N–H and O–H groups in total. The van der Waals surface area contributed by atoms with Crippen molar-refractivity contribution in [2.75, 3.05) is 5.73 Å². The van der Waals surface area contributed by atoms with Crippen LogP contribution in [-0.2, 0) is 13.5 Å². The maximum Gasteiger partial charge on any atom is 0.207 e. The lowest BCUT2D eigenvalue weighted by Gasteiger charge is -2.10. The summed E-state index contributed by atoms with van der Waals surface area (Å²) >= 11 is 6.35. The van der Waals surface area contributed by atoms with Crippen LogP contribution in [0.1, 0.15) is 24.6 Å². The van der Waals surface area contributed by atoms with E-state index in [0.29, 0.717) is 11.0 Å². The fraction of sp³-hybridized carbons (Fsp3) is 0.333. The Morgan fingerprint density at radius 2 is 2.10 bits per heavy atom. The second-order valence-electron chi connectivity index (χ2n) is 5.25. The molecule has 0 bridgehead atoms. The smallest absolute Gasteiger partial charge is 0.207 e. The van der Waals surface area contributed by atoms with Crippen LogP contribution in [0.5, 0.6) is 0 Å². The summed E-state index contributed by atoms with van der Waals surface area (Å²) in [5, 5.41) is 5.20. The maximum atomic E-state index is 6.35. The van der Waals surface area contributed by atoms with Crippen molar-refractivity contribution in [3.05, 3.63) is 34.5 Å². The van der Waals surface area contributed by atoms with Gasteiger partial charge >= 0.3 is 0 Å². The van der Waals surface area contributed by atoms with Gasteiger partial charge in [-0.2, -0.15) is 5.10 Å². The molecule has 1 aromatic carbocycles. The Kier molecular flexibility index (Phi) is 3.37. The van der Waals surface area contributed by atoms with Crippen molar-refractivity contribution in [3.63, 3.8) is 0 Å². The number of hydrogen-bond donors (Lipinski definition) is 1. The van der Waals surface area contributed by atoms with Crippen LogP contribution >= 0.6 is 11.6 Å². The van der Waals surface area contributed by atoms with Crippen LogP contribution in [0.25, 0.3) is 16.9 Å². The van der Waals surface area contributed by atoms with Gasteiger partial charge in [-0.25, -0.2) is 9.67 Å². The standard InChI is InChI=1S/C15H18ClN5/c1-4-5-11-13-14(20(3)19-11)21(15(17)18-13)12-8-9(2)6-7-10(12)16/h6-8H,4-5H2,1-3H3,(H2,17,18). The highest BCUT2D eigenvalue weighted by molar-refractivity contribution is 6.32. The molecule has 0 radical (unpaired) electrons. The van der Waals surface area contributed by atoms with Gasteiger partial charge in [-0.15, -0.1) is 0 Å². The van der Waals surface area contributed by atoms with E-state index in [1.54, 1.807) is 0 Å². The molecule has 3 rings (SSSR count). The molecule has 2 heterocycles. The summed E-state index contributed by atoms with van der Waals surface area (Å²) in [7, 11) is 1.91. The van der Waals surface area contributed by atoms with Crippen LogP contribution in [-0.4, -0.2) is 19.3 Å². The third-order valence-corrected chi connectivity index (χ3v) is 3.88. The van der Waals surface area contributed by atoms with Gasteiger partial charge in [-0.3, -0.25) is 4.57 Å². The summed E-state index contributed by atoms with van der Waals surface area (Å²) in [5.74, 6) is 0.433. The Morgan fingerprint density at radius 1 is 1.33 bits per heavy atom. The third-order valence-electron chi connectivity index (χ3n) is 3.56. The molecule has 21 heavy (non-hydrogen) atoms. The zero-order valence-electron chi connectivity index (χ0n) is 12.4. The lowest BCUT2D eigenvalue weighted by Crippen LogP contribution is -2.05. The third kappa shape index (κ3) is 2.17. The van der Waals surface area contributed by atoms with Gasteiger partial charge in [0.25, 0.3) is 0 Å². The number of benzene rings is 1. The first-order chi connectivity index (χ1) is 10.0. The molecule has 0 atom stereocenters. The van der Waals surface area contributed by atoms with E-state index in [2.05, 4.69) is 17.0 Å². The van der Waals surface area contributed by atoms with Crippen molar-refractivity contribution in [1.82, 2.24) is 19.3 Å². The molecule has 0 unspecified atom stereocenters. The number of imidazole rings is 1. The van der Waals surface area contributed by atoms with E-state index in [9.17, 15) is 0 Å². The molecule has 0 saturated heterocycles. The van der Waals surface area contributed by atoms with E-state index in [-0.39, 0.29) is 0 Å². The minimum Gasteiger partial charge on any atom is -0.369 e. The fourth-order valence-corrected chi connectivity index (χ4v) is 2.84. The summed E-state index contributed by atoms with van der Waals surface area (Å²) in [6, 6.07) is 5.86. The summed E-state index contributed by atoms with van der Waals surface area (Å²) in [6.07, 6.45) is 1.90. The van der Waals surface area contributed by atoms with Crippen LogP contribution in [0.15, 0.2) is 18.2 Å². The number of nitrogen functional groups attached to an aromatic ring is 1. The van der Waals surface area contributed by atoms with Gasteiger partial charge < -0.3 is 5.73 Å². The molecule has 2 aromatic heterocycles. The Labute approximate surface area is 128 Å². The number of halogens is 1. The number of rotatable bonds is 3. The summed E-state index contributed by atoms with van der Waals surface area (Å²) in [4.78, 5) is 4.50. The average Bonchev–Trinajstić information content (AvgIpc) is 2.91. The van der Waals surface area contributed by atoms with E-state index in [4.69, 9.17) is 17.3 Å². The van der Waals surface area contributed by atoms with Crippen molar-refractivity contribution in [2.45, 2.75) is 26.7 Å². The van der Waals surface area contributed by atoms with Gasteiger partial charge in [-0.1, -0.05) is 31.0 Å². The van der Waals surface area contributed by atoms with Gasteiger partial charge in [0.05, 0.1) is 16.4 Å². The maximum absolute atomic E-state index is 6.35. The summed E-state index contributed by atoms with van der Waals surface area (Å²) < 4.78 is 3.69. The monoisotopic (exact) mass is 303 g/mol. The molecule has 0 aliphatic rings. The highest BCUT2D eigenvalue weighted by Crippen LogP contribution is 2.30. The van der Waals surface area contributed by atoms with E-state index in [0.717, 1.165) is 41.0 Å². The zero-order valence-corrected chi connectivity index (χ0v) is 13.1. The molecule has 0 fully saturated rings. The minimum atomic E-state index is 0.433. The van der Waals surface area contributed by atoms with Crippen LogP contribution in [0.3, 0.4) is 0 Å². The van der Waals surface area contributed by atoms with Gasteiger partial charge in [0.2, 0.25) is 5.95 Å². The van der Waals surface area contributed by atoms with Gasteiger partial charge in [0.1, 0.15) is 5.52 Å². The highest BCUT2D eigenvalue weighted by atomic mass is 35.5. The lowest BCUT2D eigenvalue weighted by atomic mass is 10.2. The van der Waals surface area contributed by atoms with Crippen molar-refractivity contribution in [3.8, 4) is 5.69 Å². The molecule has 0 aliphatic heterocycles. The van der Waals surface area contributed by atoms with E-state index in [1.165, 1.54) is 0 Å². The number of aryl methyl sites for hydroxylation is 3. The number of nitrogens with two attached hydrogens (primary N) is 1. The number of aromatic nitrogens is 4. The Hall–Kier alpha value is -2.01. The van der Waals surface area contributed by atoms with Crippen LogP contribution in [0.4, 0.5) is 5.95 Å². The number of fused-ring (bicyclic) bond motifs is 1. The SMILES string of the molecule is CCCc1nn(C)c2c1nc(N)n2-c1cc(C)ccc1Cl. The summed E-state index contributed by atoms with van der Waals surface area (Å²) in [6.45, 7) is 4.15. The number of anilines is 1. The minimum absolute atomic E-state index is 0.433. The zero-order chi connectivity index (χ0) is 15.1. The van der Waals surface area contributed by atoms with E-state index < -0.39 is 0 Å². The predicted molar refractivity (Wildman–Crippen MR) is 86.0 cm³/mol. The van der Waals surface area contributed by atoms with E-state index in [1.807, 2.05) is 41.4 Å². The van der Waals surface area contributed by atoms with Crippen LogP contribution < -0.4 is 5.73 Å². The molecule has 3 aromatic rings. The Morgan fingerprint density at radius 3 is 2.81 bits per heavy atom. The van der Waals surface area contributed by atoms with Crippen LogP contribution in [0.2, 0.25) is 5.02 Å². The van der Waals surface area contributed by atoms with Crippen molar-refractivity contribution < 1.29 is 0 Å². The van der Waals surface area contributed by atoms with Gasteiger partial charge in [-0.05, 0) is 31.0 Å². The molecule has 0 spiro atoms. The van der Waals surface area contributed by atoms with Gasteiger partial charge in [0, 0.05) is 7.05 Å². The largest absolute Gasteiger partial charge is 0.369 e. The molecule has 0 aliphatic carbocycles. The molecule has 110 valence electrons. The first kappa shape index (κ1) is 13.9. The van der Waals surface area contributed by atoms with Gasteiger partial charge in [0.15, 0.2) is 5.65 Å². The molecule has 0 amide bonds. The predicted octanol–water partition coefficient (Wildman–Crippen LogP) is 3.26. The highest BCUT2D eigenvalue weighted by Gasteiger charge is 2.19. The second-order valence-corrected chi connectivity index (χ2v) is 5.66. The quantitative estimate of drug-likeness (QED) is 0.808. The van der Waals surface area contributed by atoms with Crippen molar-refractivity contribution in [1.29, 1.82) is 0 Å². The average molecular weight is 304 g/mol. The van der Waals surface area contributed by atoms with Crippen molar-refractivity contribution in [2.24, 2.45) is 7.05 Å². The normalized spacial score (nSPS) is 11.4. The molecule has 6 heteroatoms. The van der Waals surface area contributed by atoms with Crippen molar-refractivity contribution >= 4 is 28.7 Å².